The predicted octanol–water partition coefficient (Wildman–Crippen LogP) is 0.849. The van der Waals surface area contributed by atoms with Crippen molar-refractivity contribution in [2.45, 2.75) is 20.0 Å². The zero-order valence-electron chi connectivity index (χ0n) is 17.2. The Kier molecular flexibility index (Phi) is 14.5. The highest BCUT2D eigenvalue weighted by Crippen LogP contribution is 2.49. The standard InChI is InChI=1S/C14H30N2O11P2/c1-12(17)15-10-14(11-16-13(2)18)27-29(20,23-5)26-9-7-24-6-8-25-28(19,21-3)22-4/h14H,6-11H2,1-5H3,(H,15,17)(H,16,18). The Morgan fingerprint density at radius 2 is 1.17 bits per heavy atom. The molecule has 0 saturated heterocycles. The molecule has 1 unspecified atom stereocenters. The van der Waals surface area contributed by atoms with Gasteiger partial charge in [0.15, 0.2) is 0 Å². The monoisotopic (exact) mass is 464 g/mol. The van der Waals surface area contributed by atoms with Crippen molar-refractivity contribution >= 4 is 27.5 Å². The van der Waals surface area contributed by atoms with Crippen molar-refractivity contribution < 1.29 is 50.6 Å². The number of phosphoric acid groups is 2. The molecule has 0 aliphatic carbocycles. The number of nitrogens with one attached hydrogen (secondary N) is 2. The number of phosphoric ester groups is 2. The molecule has 0 saturated carbocycles. The van der Waals surface area contributed by atoms with Crippen LogP contribution in [-0.2, 0) is 50.6 Å². The summed E-state index contributed by atoms with van der Waals surface area (Å²) in [5.74, 6) is -0.645. The first-order chi connectivity index (χ1) is 13.6. The number of carbonyl (C=O) groups is 2. The van der Waals surface area contributed by atoms with Crippen LogP contribution in [0.1, 0.15) is 13.8 Å². The second kappa shape index (κ2) is 15.0. The minimum Gasteiger partial charge on any atom is -0.377 e. The van der Waals surface area contributed by atoms with E-state index in [2.05, 4.69) is 19.7 Å². The van der Waals surface area contributed by atoms with E-state index in [4.69, 9.17) is 22.8 Å². The lowest BCUT2D eigenvalue weighted by molar-refractivity contribution is -0.119. The fourth-order valence-electron chi connectivity index (χ4n) is 1.67. The molecule has 0 aromatic carbocycles. The quantitative estimate of drug-likeness (QED) is 0.232. The Morgan fingerprint density at radius 3 is 1.55 bits per heavy atom. The van der Waals surface area contributed by atoms with Gasteiger partial charge in [-0.2, -0.15) is 0 Å². The van der Waals surface area contributed by atoms with Gasteiger partial charge in [0.1, 0.15) is 6.10 Å². The number of ether oxygens (including phenoxy) is 1. The van der Waals surface area contributed by atoms with E-state index < -0.39 is 21.7 Å². The highest BCUT2D eigenvalue weighted by atomic mass is 31.2. The van der Waals surface area contributed by atoms with Crippen LogP contribution in [0.15, 0.2) is 0 Å². The zero-order chi connectivity index (χ0) is 22.3. The second-order valence-corrected chi connectivity index (χ2v) is 8.93. The summed E-state index contributed by atoms with van der Waals surface area (Å²) in [7, 11) is -4.02. The third kappa shape index (κ3) is 13.9. The summed E-state index contributed by atoms with van der Waals surface area (Å²) in [5.41, 5.74) is 0. The highest BCUT2D eigenvalue weighted by Gasteiger charge is 2.30. The predicted molar refractivity (Wildman–Crippen MR) is 101 cm³/mol. The third-order valence-electron chi connectivity index (χ3n) is 3.06. The van der Waals surface area contributed by atoms with Gasteiger partial charge < -0.3 is 15.4 Å². The Balaban J connectivity index is 4.37. The molecule has 13 nitrogen and oxygen atoms in total. The van der Waals surface area contributed by atoms with Crippen molar-refractivity contribution in [1.82, 2.24) is 10.6 Å². The number of hydrogen-bond donors (Lipinski definition) is 2. The summed E-state index contributed by atoms with van der Waals surface area (Å²) in [6, 6.07) is 0. The Hall–Kier alpha value is -0.880. The summed E-state index contributed by atoms with van der Waals surface area (Å²) >= 11 is 0. The van der Waals surface area contributed by atoms with E-state index in [1.807, 2.05) is 0 Å². The molecule has 0 radical (unpaired) electrons. The second-order valence-electron chi connectivity index (χ2n) is 5.32. The molecule has 0 fully saturated rings. The summed E-state index contributed by atoms with van der Waals surface area (Å²) in [4.78, 5) is 22.1. The number of amides is 2. The molecule has 0 aliphatic rings. The van der Waals surface area contributed by atoms with Gasteiger partial charge in [-0.3, -0.25) is 36.7 Å². The Morgan fingerprint density at radius 1 is 0.759 bits per heavy atom. The van der Waals surface area contributed by atoms with Gasteiger partial charge in [-0.05, 0) is 0 Å². The largest absolute Gasteiger partial charge is 0.474 e. The topological polar surface area (TPSA) is 157 Å². The van der Waals surface area contributed by atoms with Crippen LogP contribution in [-0.4, -0.2) is 78.8 Å². The van der Waals surface area contributed by atoms with Crippen molar-refractivity contribution in [1.29, 1.82) is 0 Å². The number of hydrogen-bond acceptors (Lipinski definition) is 11. The van der Waals surface area contributed by atoms with Crippen LogP contribution in [0.4, 0.5) is 0 Å². The molecule has 0 rings (SSSR count). The van der Waals surface area contributed by atoms with Gasteiger partial charge in [0.05, 0.1) is 26.4 Å². The molecule has 0 spiro atoms. The first kappa shape index (κ1) is 28.1. The van der Waals surface area contributed by atoms with Gasteiger partial charge in [-0.15, -0.1) is 0 Å². The maximum atomic E-state index is 12.5. The van der Waals surface area contributed by atoms with E-state index >= 15 is 0 Å². The Labute approximate surface area is 170 Å². The minimum atomic E-state index is -3.97. The van der Waals surface area contributed by atoms with E-state index in [0.717, 1.165) is 7.11 Å². The maximum Gasteiger partial charge on any atom is 0.474 e. The highest BCUT2D eigenvalue weighted by molar-refractivity contribution is 7.48. The third-order valence-corrected chi connectivity index (χ3v) is 5.96. The van der Waals surface area contributed by atoms with Gasteiger partial charge in [0.25, 0.3) is 0 Å². The van der Waals surface area contributed by atoms with Crippen molar-refractivity contribution in [3.05, 3.63) is 0 Å². The average Bonchev–Trinajstić information content (AvgIpc) is 2.68. The molecule has 0 bridgehead atoms. The molecule has 172 valence electrons. The first-order valence-corrected chi connectivity index (χ1v) is 11.4. The van der Waals surface area contributed by atoms with Crippen molar-refractivity contribution in [2.75, 3.05) is 60.8 Å². The minimum absolute atomic E-state index is 0.00634. The molecular weight excluding hydrogens is 434 g/mol. The van der Waals surface area contributed by atoms with Crippen LogP contribution in [0, 0.1) is 0 Å². The van der Waals surface area contributed by atoms with Crippen LogP contribution >= 0.6 is 15.6 Å². The summed E-state index contributed by atoms with van der Waals surface area (Å²) in [6.07, 6.45) is -0.847. The average molecular weight is 464 g/mol. The van der Waals surface area contributed by atoms with E-state index in [9.17, 15) is 18.7 Å². The smallest absolute Gasteiger partial charge is 0.377 e. The number of rotatable bonds is 17. The molecule has 1 atom stereocenters. The number of carbonyl (C=O) groups excluding carboxylic acids is 2. The lowest BCUT2D eigenvalue weighted by atomic mass is 10.3. The molecule has 0 heterocycles. The van der Waals surface area contributed by atoms with Crippen LogP contribution in [0.5, 0.6) is 0 Å². The zero-order valence-corrected chi connectivity index (χ0v) is 19.0. The molecule has 0 aromatic heterocycles. The van der Waals surface area contributed by atoms with Gasteiger partial charge in [0, 0.05) is 48.3 Å². The lowest BCUT2D eigenvalue weighted by Gasteiger charge is -2.23. The van der Waals surface area contributed by atoms with Crippen molar-refractivity contribution in [2.24, 2.45) is 0 Å². The van der Waals surface area contributed by atoms with Crippen LogP contribution in [0.3, 0.4) is 0 Å². The summed E-state index contributed by atoms with van der Waals surface area (Å²) in [5, 5.41) is 5.00. The summed E-state index contributed by atoms with van der Waals surface area (Å²) in [6.45, 7) is 2.43. The van der Waals surface area contributed by atoms with Gasteiger partial charge >= 0.3 is 15.6 Å². The Bertz CT molecular complexity index is 564. The van der Waals surface area contributed by atoms with E-state index in [1.165, 1.54) is 28.1 Å². The molecule has 0 aromatic rings. The molecule has 2 amide bonds. The molecule has 0 aliphatic heterocycles. The first-order valence-electron chi connectivity index (χ1n) is 8.51. The van der Waals surface area contributed by atoms with Crippen LogP contribution < -0.4 is 10.6 Å². The maximum absolute atomic E-state index is 12.5. The molecular formula is C14H30N2O11P2. The summed E-state index contributed by atoms with van der Waals surface area (Å²) < 4.78 is 58.7. The van der Waals surface area contributed by atoms with Crippen LogP contribution in [0.2, 0.25) is 0 Å². The van der Waals surface area contributed by atoms with Crippen LogP contribution in [0.25, 0.3) is 0 Å². The SMILES string of the molecule is COP(=O)(OC)OCCOCCOP(=O)(OC)OC(CNC(C)=O)CNC(C)=O. The fraction of sp³-hybridized carbons (Fsp3) is 0.857. The molecule has 15 heteroatoms. The van der Waals surface area contributed by atoms with E-state index in [1.54, 1.807) is 0 Å². The van der Waals surface area contributed by atoms with E-state index in [-0.39, 0.29) is 51.3 Å². The van der Waals surface area contributed by atoms with Gasteiger partial charge in [-0.25, -0.2) is 9.13 Å². The lowest BCUT2D eigenvalue weighted by Crippen LogP contribution is -2.40. The van der Waals surface area contributed by atoms with Gasteiger partial charge in [0.2, 0.25) is 11.8 Å². The molecule has 2 N–H and O–H groups in total. The fourth-order valence-corrected chi connectivity index (χ4v) is 3.39. The van der Waals surface area contributed by atoms with Crippen molar-refractivity contribution in [3.8, 4) is 0 Å². The van der Waals surface area contributed by atoms with Crippen molar-refractivity contribution in [3.63, 3.8) is 0 Å². The molecule has 29 heavy (non-hydrogen) atoms. The normalized spacial score (nSPS) is 13.9. The van der Waals surface area contributed by atoms with E-state index in [0.29, 0.717) is 0 Å². The van der Waals surface area contributed by atoms with Gasteiger partial charge in [-0.1, -0.05) is 0 Å².